The van der Waals surface area contributed by atoms with E-state index in [1.807, 2.05) is 36.9 Å². The van der Waals surface area contributed by atoms with E-state index in [0.29, 0.717) is 17.2 Å². The van der Waals surface area contributed by atoms with Gasteiger partial charge >= 0.3 is 0 Å². The average molecular weight is 387 g/mol. The molecule has 1 atom stereocenters. The quantitative estimate of drug-likeness (QED) is 0.841. The van der Waals surface area contributed by atoms with Crippen LogP contribution in [0.3, 0.4) is 0 Å². The molecule has 2 aliphatic rings. The van der Waals surface area contributed by atoms with Crippen LogP contribution in [0.25, 0.3) is 11.0 Å². The molecule has 2 amide bonds. The van der Waals surface area contributed by atoms with Crippen LogP contribution in [0.4, 0.5) is 0 Å². The molecule has 0 bridgehead atoms. The lowest BCUT2D eigenvalue weighted by atomic mass is 9.85. The van der Waals surface area contributed by atoms with Gasteiger partial charge in [0.05, 0.1) is 5.56 Å². The van der Waals surface area contributed by atoms with Crippen LogP contribution in [-0.2, 0) is 4.79 Å². The van der Waals surface area contributed by atoms with E-state index >= 15 is 0 Å². The van der Waals surface area contributed by atoms with Gasteiger partial charge in [0.2, 0.25) is 5.91 Å². The Hall–Kier alpha value is -1.95. The highest BCUT2D eigenvalue weighted by Gasteiger charge is 2.29. The summed E-state index contributed by atoms with van der Waals surface area (Å²) < 4.78 is 5.71. The van der Waals surface area contributed by atoms with E-state index in [-0.39, 0.29) is 23.8 Å². The van der Waals surface area contributed by atoms with Crippen molar-refractivity contribution in [3.8, 4) is 0 Å². The van der Waals surface area contributed by atoms with Crippen LogP contribution in [-0.4, -0.2) is 35.4 Å². The fourth-order valence-corrected chi connectivity index (χ4v) is 5.25. The summed E-state index contributed by atoms with van der Waals surface area (Å²) in [5.74, 6) is 3.17. The lowest BCUT2D eigenvalue weighted by molar-refractivity contribution is -0.126. The van der Waals surface area contributed by atoms with E-state index < -0.39 is 0 Å². The summed E-state index contributed by atoms with van der Waals surface area (Å²) in [6, 6.07) is 8.05. The molecule has 1 saturated heterocycles. The minimum atomic E-state index is -0.0918. The van der Waals surface area contributed by atoms with Crippen molar-refractivity contribution in [3.63, 3.8) is 0 Å². The molecule has 2 N–H and O–H groups in total. The zero-order chi connectivity index (χ0) is 18.8. The predicted octanol–water partition coefficient (Wildman–Crippen LogP) is 3.65. The Kier molecular flexibility index (Phi) is 5.43. The summed E-state index contributed by atoms with van der Waals surface area (Å²) in [4.78, 5) is 25.2. The van der Waals surface area contributed by atoms with Crippen LogP contribution in [0.2, 0.25) is 0 Å². The van der Waals surface area contributed by atoms with Crippen LogP contribution >= 0.6 is 11.8 Å². The zero-order valence-corrected chi connectivity index (χ0v) is 16.4. The number of rotatable bonds is 4. The molecule has 1 unspecified atom stereocenters. The van der Waals surface area contributed by atoms with Gasteiger partial charge in [-0.3, -0.25) is 9.59 Å². The average Bonchev–Trinajstić information content (AvgIpc) is 3.30. The first-order chi connectivity index (χ1) is 13.1. The number of carbonyl (C=O) groups excluding carboxylic acids is 2. The summed E-state index contributed by atoms with van der Waals surface area (Å²) in [5, 5.41) is 7.28. The van der Waals surface area contributed by atoms with Gasteiger partial charge in [-0.25, -0.2) is 0 Å². The Balaban J connectivity index is 1.32. The first-order valence-electron chi connectivity index (χ1n) is 9.78. The number of amides is 2. The minimum absolute atomic E-state index is 0.0832. The molecule has 144 valence electrons. The van der Waals surface area contributed by atoms with Gasteiger partial charge in [-0.2, -0.15) is 11.8 Å². The monoisotopic (exact) mass is 386 g/mol. The summed E-state index contributed by atoms with van der Waals surface area (Å²) in [6.45, 7) is 1.89. The lowest BCUT2D eigenvalue weighted by Crippen LogP contribution is -2.43. The molecule has 2 aromatic rings. The van der Waals surface area contributed by atoms with Gasteiger partial charge in [0, 0.05) is 29.1 Å². The van der Waals surface area contributed by atoms with Crippen molar-refractivity contribution < 1.29 is 14.0 Å². The first-order valence-corrected chi connectivity index (χ1v) is 10.9. The second kappa shape index (κ2) is 7.97. The third-order valence-electron chi connectivity index (χ3n) is 5.62. The van der Waals surface area contributed by atoms with E-state index in [1.54, 1.807) is 6.07 Å². The van der Waals surface area contributed by atoms with Crippen molar-refractivity contribution >= 4 is 34.5 Å². The smallest absolute Gasteiger partial charge is 0.255 e. The van der Waals surface area contributed by atoms with Gasteiger partial charge in [0.15, 0.2) is 0 Å². The number of para-hydroxylation sites is 1. The number of benzene rings is 1. The molecule has 1 saturated carbocycles. The second-order valence-electron chi connectivity index (χ2n) is 7.67. The summed E-state index contributed by atoms with van der Waals surface area (Å²) in [5.41, 5.74) is 1.23. The third-order valence-corrected chi connectivity index (χ3v) is 6.78. The van der Waals surface area contributed by atoms with Gasteiger partial charge in [-0.1, -0.05) is 12.1 Å². The first kappa shape index (κ1) is 18.4. The molecular formula is C21H26N2O3S. The molecule has 2 heterocycles. The second-order valence-corrected chi connectivity index (χ2v) is 8.82. The Morgan fingerprint density at radius 2 is 1.89 bits per heavy atom. The highest BCUT2D eigenvalue weighted by atomic mass is 32.2. The topological polar surface area (TPSA) is 71.3 Å². The fraction of sp³-hybridized carbons (Fsp3) is 0.524. The molecule has 2 fully saturated rings. The Bertz CT molecular complexity index is 833. The molecule has 1 aliphatic carbocycles. The maximum atomic E-state index is 12.7. The summed E-state index contributed by atoms with van der Waals surface area (Å²) in [6.07, 6.45) is 4.44. The molecule has 1 aromatic heterocycles. The molecule has 27 heavy (non-hydrogen) atoms. The number of hydrogen-bond acceptors (Lipinski definition) is 4. The highest BCUT2D eigenvalue weighted by Crippen LogP contribution is 2.27. The number of nitrogens with one attached hydrogen (secondary N) is 2. The van der Waals surface area contributed by atoms with Crippen molar-refractivity contribution in [2.45, 2.75) is 51.1 Å². The number of thioether (sulfide) groups is 1. The van der Waals surface area contributed by atoms with E-state index in [1.165, 1.54) is 0 Å². The number of hydrogen-bond donors (Lipinski definition) is 2. The van der Waals surface area contributed by atoms with E-state index in [0.717, 1.165) is 54.8 Å². The summed E-state index contributed by atoms with van der Waals surface area (Å²) in [7, 11) is 0. The Morgan fingerprint density at radius 1 is 1.07 bits per heavy atom. The van der Waals surface area contributed by atoms with Crippen LogP contribution in [0.15, 0.2) is 28.7 Å². The summed E-state index contributed by atoms with van der Waals surface area (Å²) >= 11 is 1.91. The van der Waals surface area contributed by atoms with Crippen LogP contribution in [0.1, 0.15) is 48.2 Å². The molecule has 0 spiro atoms. The molecule has 5 nitrogen and oxygen atoms in total. The van der Waals surface area contributed by atoms with Crippen LogP contribution in [0, 0.1) is 12.8 Å². The number of aryl methyl sites for hydroxylation is 1. The molecule has 1 aromatic carbocycles. The van der Waals surface area contributed by atoms with E-state index in [9.17, 15) is 9.59 Å². The van der Waals surface area contributed by atoms with Gasteiger partial charge in [0.25, 0.3) is 5.91 Å². The van der Waals surface area contributed by atoms with E-state index in [2.05, 4.69) is 10.6 Å². The number of fused-ring (bicyclic) bond motifs is 1. The maximum Gasteiger partial charge on any atom is 0.255 e. The van der Waals surface area contributed by atoms with E-state index in [4.69, 9.17) is 4.42 Å². The number of furan rings is 1. The van der Waals surface area contributed by atoms with Crippen molar-refractivity contribution in [2.24, 2.45) is 5.92 Å². The Labute approximate surface area is 163 Å². The third kappa shape index (κ3) is 4.15. The lowest BCUT2D eigenvalue weighted by Gasteiger charge is -2.29. The fourth-order valence-electron chi connectivity index (χ4n) is 4.10. The van der Waals surface area contributed by atoms with Crippen LogP contribution < -0.4 is 10.6 Å². The van der Waals surface area contributed by atoms with Crippen molar-refractivity contribution in [3.05, 3.63) is 35.6 Å². The highest BCUT2D eigenvalue weighted by molar-refractivity contribution is 7.99. The molecule has 0 radical (unpaired) electrons. The number of carbonyl (C=O) groups is 2. The molecule has 6 heteroatoms. The SMILES string of the molecule is Cc1cc2cccc(C(=O)NC3CCC(C(=O)NC4CCSC4)CC3)c2o1. The van der Waals surface area contributed by atoms with Crippen molar-refractivity contribution in [1.29, 1.82) is 0 Å². The molecular weight excluding hydrogens is 360 g/mol. The zero-order valence-electron chi connectivity index (χ0n) is 15.6. The normalized spacial score (nSPS) is 25.4. The largest absolute Gasteiger partial charge is 0.461 e. The van der Waals surface area contributed by atoms with Gasteiger partial charge < -0.3 is 15.1 Å². The predicted molar refractivity (Wildman–Crippen MR) is 108 cm³/mol. The van der Waals surface area contributed by atoms with Gasteiger partial charge in [-0.15, -0.1) is 0 Å². The van der Waals surface area contributed by atoms with Gasteiger partial charge in [0.1, 0.15) is 11.3 Å². The van der Waals surface area contributed by atoms with Crippen LogP contribution in [0.5, 0.6) is 0 Å². The molecule has 4 rings (SSSR count). The van der Waals surface area contributed by atoms with Crippen molar-refractivity contribution in [1.82, 2.24) is 10.6 Å². The minimum Gasteiger partial charge on any atom is -0.461 e. The standard InChI is InChI=1S/C21H26N2O3S/c1-13-11-15-3-2-4-18(19(15)26-13)21(25)22-16-7-5-14(6-8-16)20(24)23-17-9-10-27-12-17/h2-4,11,14,16-17H,5-10,12H2,1H3,(H,22,25)(H,23,24). The molecule has 1 aliphatic heterocycles. The maximum absolute atomic E-state index is 12.7. The Morgan fingerprint density at radius 3 is 2.63 bits per heavy atom. The van der Waals surface area contributed by atoms with Gasteiger partial charge in [-0.05, 0) is 56.9 Å². The van der Waals surface area contributed by atoms with Crippen molar-refractivity contribution in [2.75, 3.05) is 11.5 Å².